The molecular weight excluding hydrogens is 569 g/mol. The van der Waals surface area contributed by atoms with E-state index in [0.717, 1.165) is 10.4 Å². The van der Waals surface area contributed by atoms with E-state index >= 15 is 0 Å². The number of halogens is 3. The molecule has 2 heterocycles. The van der Waals surface area contributed by atoms with Gasteiger partial charge in [-0.25, -0.2) is 0 Å². The van der Waals surface area contributed by atoms with Crippen molar-refractivity contribution in [3.8, 4) is 0 Å². The van der Waals surface area contributed by atoms with E-state index in [-0.39, 0.29) is 19.8 Å². The van der Waals surface area contributed by atoms with Crippen molar-refractivity contribution >= 4 is 64.0 Å². The average Bonchev–Trinajstić information content (AvgIpc) is 3.35. The summed E-state index contributed by atoms with van der Waals surface area (Å²) < 4.78 is 32.5. The molecule has 202 valence electrons. The lowest BCUT2D eigenvalue weighted by Gasteiger charge is -2.45. The highest BCUT2D eigenvalue weighted by atomic mass is 35.6. The average molecular weight is 595 g/mol. The van der Waals surface area contributed by atoms with Crippen molar-refractivity contribution in [1.29, 1.82) is 5.41 Å². The summed E-state index contributed by atoms with van der Waals surface area (Å²) in [4.78, 5) is 24.5. The Morgan fingerprint density at radius 2 is 1.65 bits per heavy atom. The first-order valence-corrected chi connectivity index (χ1v) is 13.1. The highest BCUT2D eigenvalue weighted by Crippen LogP contribution is 2.34. The molecule has 3 rings (SSSR count). The smallest absolute Gasteiger partial charge is 0.303 e. The summed E-state index contributed by atoms with van der Waals surface area (Å²) in [6.45, 7) is 2.43. The van der Waals surface area contributed by atoms with Crippen LogP contribution < -0.4 is 0 Å². The van der Waals surface area contributed by atoms with E-state index in [1.165, 1.54) is 25.2 Å². The SMILES string of the molecule is CC(=O)OC[C@H]1OC(OC(=N)C(Cl)(Cl)Cl)[C@H](OCc2cccs2)[C@@H](OCc2ccccc2)[C@@H]1OC(C)=O. The second-order valence-corrected chi connectivity index (χ2v) is 11.3. The van der Waals surface area contributed by atoms with Crippen molar-refractivity contribution in [2.75, 3.05) is 6.61 Å². The Bertz CT molecular complexity index is 1030. The molecule has 1 unspecified atom stereocenters. The van der Waals surface area contributed by atoms with E-state index in [1.807, 2.05) is 47.8 Å². The van der Waals surface area contributed by atoms with Crippen LogP contribution in [0.4, 0.5) is 0 Å². The minimum Gasteiger partial charge on any atom is -0.463 e. The van der Waals surface area contributed by atoms with Crippen molar-refractivity contribution in [3.05, 3.63) is 58.3 Å². The summed E-state index contributed by atoms with van der Waals surface area (Å²) >= 11 is 19.0. The summed E-state index contributed by atoms with van der Waals surface area (Å²) in [7, 11) is 0. The molecule has 0 spiro atoms. The van der Waals surface area contributed by atoms with Crippen LogP contribution in [-0.4, -0.2) is 58.9 Å². The number of alkyl halides is 3. The molecule has 1 saturated heterocycles. The number of esters is 2. The minimum atomic E-state index is -2.18. The highest BCUT2D eigenvalue weighted by Gasteiger charge is 2.52. The number of carbonyl (C=O) groups excluding carboxylic acids is 2. The monoisotopic (exact) mass is 593 g/mol. The fraction of sp³-hybridized carbons (Fsp3) is 0.458. The third kappa shape index (κ3) is 9.10. The van der Waals surface area contributed by atoms with Crippen molar-refractivity contribution in [2.45, 2.75) is 61.6 Å². The Morgan fingerprint density at radius 1 is 0.946 bits per heavy atom. The third-order valence-corrected chi connectivity index (χ3v) is 6.48. The number of nitrogens with one attached hydrogen (secondary N) is 1. The van der Waals surface area contributed by atoms with Crippen molar-refractivity contribution in [2.24, 2.45) is 0 Å². The van der Waals surface area contributed by atoms with Crippen molar-refractivity contribution in [3.63, 3.8) is 0 Å². The van der Waals surface area contributed by atoms with Crippen molar-refractivity contribution in [1.82, 2.24) is 0 Å². The Morgan fingerprint density at radius 3 is 2.24 bits per heavy atom. The molecular formula is C24H26Cl3NO8S. The molecule has 13 heteroatoms. The van der Waals surface area contributed by atoms with Gasteiger partial charge in [-0.05, 0) is 17.0 Å². The summed E-state index contributed by atoms with van der Waals surface area (Å²) in [5, 5.41) is 9.97. The number of benzene rings is 1. The molecule has 0 aliphatic carbocycles. The molecule has 5 atom stereocenters. The van der Waals surface area contributed by atoms with E-state index in [2.05, 4.69) is 0 Å². The van der Waals surface area contributed by atoms with E-state index in [9.17, 15) is 9.59 Å². The molecule has 1 fully saturated rings. The van der Waals surface area contributed by atoms with Crippen LogP contribution in [0.3, 0.4) is 0 Å². The van der Waals surface area contributed by atoms with Crippen LogP contribution in [0.15, 0.2) is 47.8 Å². The topological polar surface area (TPSA) is 113 Å². The Kier molecular flexibility index (Phi) is 11.0. The molecule has 0 saturated carbocycles. The number of rotatable bonds is 10. The van der Waals surface area contributed by atoms with Gasteiger partial charge >= 0.3 is 11.9 Å². The van der Waals surface area contributed by atoms with E-state index in [4.69, 9.17) is 68.6 Å². The zero-order valence-corrected chi connectivity index (χ0v) is 23.0. The minimum absolute atomic E-state index is 0.122. The molecule has 1 N–H and O–H groups in total. The first-order chi connectivity index (χ1) is 17.5. The van der Waals surface area contributed by atoms with Gasteiger partial charge in [-0.1, -0.05) is 71.2 Å². The number of carbonyl (C=O) groups is 2. The molecule has 37 heavy (non-hydrogen) atoms. The molecule has 1 aliphatic rings. The van der Waals surface area contributed by atoms with Crippen LogP contribution in [0, 0.1) is 5.41 Å². The van der Waals surface area contributed by atoms with Gasteiger partial charge in [0.25, 0.3) is 3.79 Å². The predicted octanol–water partition coefficient (Wildman–Crippen LogP) is 4.80. The lowest BCUT2D eigenvalue weighted by molar-refractivity contribution is -0.305. The van der Waals surface area contributed by atoms with Gasteiger partial charge in [0, 0.05) is 18.7 Å². The molecule has 0 amide bonds. The Labute approximate surface area is 233 Å². The van der Waals surface area contributed by atoms with E-state index in [0.29, 0.717) is 0 Å². The lowest BCUT2D eigenvalue weighted by Crippen LogP contribution is -2.62. The fourth-order valence-corrected chi connectivity index (χ4v) is 4.29. The van der Waals surface area contributed by atoms with Gasteiger partial charge in [0.05, 0.1) is 13.2 Å². The zero-order chi connectivity index (χ0) is 27.0. The predicted molar refractivity (Wildman–Crippen MR) is 138 cm³/mol. The van der Waals surface area contributed by atoms with Crippen LogP contribution in [0.5, 0.6) is 0 Å². The number of ether oxygens (including phenoxy) is 6. The second-order valence-electron chi connectivity index (χ2n) is 7.98. The molecule has 1 aliphatic heterocycles. The van der Waals surface area contributed by atoms with Gasteiger partial charge in [0.1, 0.15) is 18.8 Å². The van der Waals surface area contributed by atoms with Crippen LogP contribution in [0.25, 0.3) is 0 Å². The largest absolute Gasteiger partial charge is 0.463 e. The van der Waals surface area contributed by atoms with Gasteiger partial charge in [-0.3, -0.25) is 15.0 Å². The third-order valence-electron chi connectivity index (χ3n) is 5.12. The van der Waals surface area contributed by atoms with Crippen LogP contribution in [-0.2, 0) is 51.2 Å². The van der Waals surface area contributed by atoms with E-state index < -0.39 is 52.3 Å². The maximum absolute atomic E-state index is 12.1. The second kappa shape index (κ2) is 13.7. The van der Waals surface area contributed by atoms with Gasteiger partial charge in [0.15, 0.2) is 12.2 Å². The Balaban J connectivity index is 1.96. The zero-order valence-electron chi connectivity index (χ0n) is 19.9. The van der Waals surface area contributed by atoms with Gasteiger partial charge < -0.3 is 28.4 Å². The standard InChI is InChI=1S/C24H26Cl3NO8S/c1-14(29)31-13-18-19(34-15(2)30)20(32-11-16-7-4-3-5-8-16)21(33-12-17-9-6-10-37-17)22(35-18)36-23(28)24(25,26)27/h3-10,18-22,28H,11-13H2,1-2H3/t18-,19-,20+,21-,22?/m1/s1. The molecule has 1 aromatic carbocycles. The van der Waals surface area contributed by atoms with E-state index in [1.54, 1.807) is 0 Å². The quantitative estimate of drug-likeness (QED) is 0.181. The molecule has 1 aromatic heterocycles. The first-order valence-electron chi connectivity index (χ1n) is 11.1. The number of hydrogen-bond acceptors (Lipinski definition) is 10. The van der Waals surface area contributed by atoms with Gasteiger partial charge in [0.2, 0.25) is 12.2 Å². The summed E-state index contributed by atoms with van der Waals surface area (Å²) in [6.07, 6.45) is -5.46. The normalized spacial score (nSPS) is 23.8. The van der Waals surface area contributed by atoms with Crippen LogP contribution in [0.2, 0.25) is 0 Å². The van der Waals surface area contributed by atoms with Gasteiger partial charge in [-0.15, -0.1) is 11.3 Å². The first kappa shape index (κ1) is 29.6. The number of thiophene rings is 1. The fourth-order valence-electron chi connectivity index (χ4n) is 3.53. The summed E-state index contributed by atoms with van der Waals surface area (Å²) in [6, 6.07) is 13.1. The molecule has 2 aromatic rings. The van der Waals surface area contributed by atoms with Crippen molar-refractivity contribution < 1.29 is 38.0 Å². The maximum atomic E-state index is 12.1. The lowest BCUT2D eigenvalue weighted by atomic mass is 9.98. The maximum Gasteiger partial charge on any atom is 0.303 e. The number of hydrogen-bond donors (Lipinski definition) is 1. The highest BCUT2D eigenvalue weighted by molar-refractivity contribution is 7.09. The molecule has 9 nitrogen and oxygen atoms in total. The van der Waals surface area contributed by atoms with Crippen LogP contribution in [0.1, 0.15) is 24.3 Å². The van der Waals surface area contributed by atoms with Gasteiger partial charge in [-0.2, -0.15) is 0 Å². The molecule has 0 radical (unpaired) electrons. The Hall–Kier alpha value is -1.92. The summed E-state index contributed by atoms with van der Waals surface area (Å²) in [5.41, 5.74) is 0.843. The molecule has 0 bridgehead atoms. The van der Waals surface area contributed by atoms with Crippen LogP contribution >= 0.6 is 46.1 Å². The summed E-state index contributed by atoms with van der Waals surface area (Å²) in [5.74, 6) is -1.90.